The average Bonchev–Trinajstić information content (AvgIpc) is 3.02. The molecule has 6 heteroatoms. The summed E-state index contributed by atoms with van der Waals surface area (Å²) in [5.74, 6) is -0.0204. The lowest BCUT2D eigenvalue weighted by atomic mass is 9.96. The summed E-state index contributed by atoms with van der Waals surface area (Å²) in [5, 5.41) is 3.14. The fourth-order valence-electron chi connectivity index (χ4n) is 3.18. The first kappa shape index (κ1) is 13.6. The van der Waals surface area contributed by atoms with E-state index in [0.29, 0.717) is 6.04 Å². The molecule has 22 heavy (non-hydrogen) atoms. The van der Waals surface area contributed by atoms with Crippen molar-refractivity contribution in [1.29, 1.82) is 0 Å². The molecule has 1 aliphatic heterocycles. The van der Waals surface area contributed by atoms with E-state index in [1.54, 1.807) is 12.5 Å². The van der Waals surface area contributed by atoms with Crippen molar-refractivity contribution in [2.24, 2.45) is 7.05 Å². The standard InChI is InChI=1S/C16H20N4O2/c1-19-10-17-14-8-20(6-11-4-5-22-9-11)7-13(15(14)19)16(21)18-12-2-3-12/h4-5,9-10,12-13H,2-3,6-8H2,1H3,(H,18,21)/t13-/m1/s1. The fraction of sp³-hybridized carbons (Fsp3) is 0.500. The molecule has 2 aromatic heterocycles. The first-order valence-corrected chi connectivity index (χ1v) is 7.74. The van der Waals surface area contributed by atoms with Gasteiger partial charge in [0.05, 0.1) is 36.2 Å². The van der Waals surface area contributed by atoms with Crippen LogP contribution in [-0.4, -0.2) is 32.9 Å². The number of imidazole rings is 1. The van der Waals surface area contributed by atoms with Crippen LogP contribution >= 0.6 is 0 Å². The molecule has 1 N–H and O–H groups in total. The van der Waals surface area contributed by atoms with Gasteiger partial charge in [0.2, 0.25) is 5.91 Å². The summed E-state index contributed by atoms with van der Waals surface area (Å²) in [6.45, 7) is 2.27. The van der Waals surface area contributed by atoms with Crippen LogP contribution in [0.15, 0.2) is 29.3 Å². The number of rotatable bonds is 4. The minimum Gasteiger partial charge on any atom is -0.472 e. The molecular formula is C16H20N4O2. The molecular weight excluding hydrogens is 280 g/mol. The maximum Gasteiger partial charge on any atom is 0.230 e. The third kappa shape index (κ3) is 2.54. The molecule has 4 rings (SSSR count). The highest BCUT2D eigenvalue weighted by Crippen LogP contribution is 2.30. The van der Waals surface area contributed by atoms with E-state index in [2.05, 4.69) is 15.2 Å². The highest BCUT2D eigenvalue weighted by molar-refractivity contribution is 5.84. The van der Waals surface area contributed by atoms with Crippen LogP contribution in [0.1, 0.15) is 35.7 Å². The summed E-state index contributed by atoms with van der Waals surface area (Å²) in [6, 6.07) is 2.35. The van der Waals surface area contributed by atoms with Crippen molar-refractivity contribution >= 4 is 5.91 Å². The zero-order chi connectivity index (χ0) is 15.1. The topological polar surface area (TPSA) is 63.3 Å². The summed E-state index contributed by atoms with van der Waals surface area (Å²) >= 11 is 0. The maximum absolute atomic E-state index is 12.6. The molecule has 6 nitrogen and oxygen atoms in total. The van der Waals surface area contributed by atoms with Crippen molar-refractivity contribution in [3.8, 4) is 0 Å². The summed E-state index contributed by atoms with van der Waals surface area (Å²) in [6.07, 6.45) is 7.46. The Morgan fingerprint density at radius 3 is 3.09 bits per heavy atom. The van der Waals surface area contributed by atoms with Crippen molar-refractivity contribution in [1.82, 2.24) is 19.8 Å². The summed E-state index contributed by atoms with van der Waals surface area (Å²) in [4.78, 5) is 19.4. The highest BCUT2D eigenvalue weighted by Gasteiger charge is 2.36. The molecule has 3 heterocycles. The van der Waals surface area contributed by atoms with Crippen molar-refractivity contribution < 1.29 is 9.21 Å². The van der Waals surface area contributed by atoms with Gasteiger partial charge in [-0.3, -0.25) is 9.69 Å². The molecule has 0 aromatic carbocycles. The number of aromatic nitrogens is 2. The van der Waals surface area contributed by atoms with Gasteiger partial charge in [-0.25, -0.2) is 4.98 Å². The largest absolute Gasteiger partial charge is 0.472 e. The van der Waals surface area contributed by atoms with E-state index in [0.717, 1.165) is 49.4 Å². The molecule has 1 atom stereocenters. The summed E-state index contributed by atoms with van der Waals surface area (Å²) < 4.78 is 7.13. The van der Waals surface area contributed by atoms with Crippen LogP contribution < -0.4 is 5.32 Å². The lowest BCUT2D eigenvalue weighted by Gasteiger charge is -2.32. The average molecular weight is 300 g/mol. The van der Waals surface area contributed by atoms with Crippen molar-refractivity contribution in [3.05, 3.63) is 41.9 Å². The Labute approximate surface area is 129 Å². The Bertz CT molecular complexity index is 672. The van der Waals surface area contributed by atoms with Gasteiger partial charge >= 0.3 is 0 Å². The predicted molar refractivity (Wildman–Crippen MR) is 79.9 cm³/mol. The predicted octanol–water partition coefficient (Wildman–Crippen LogP) is 1.39. The Morgan fingerprint density at radius 1 is 1.50 bits per heavy atom. The summed E-state index contributed by atoms with van der Waals surface area (Å²) in [7, 11) is 1.97. The number of furan rings is 1. The molecule has 1 saturated carbocycles. The van der Waals surface area contributed by atoms with E-state index in [1.165, 1.54) is 0 Å². The SMILES string of the molecule is Cn1cnc2c1[C@H](C(=O)NC1CC1)CN(Cc1ccoc1)C2. The number of fused-ring (bicyclic) bond motifs is 1. The number of nitrogens with one attached hydrogen (secondary N) is 1. The smallest absolute Gasteiger partial charge is 0.230 e. The normalized spacial score (nSPS) is 21.6. The van der Waals surface area contributed by atoms with Crippen LogP contribution in [0.3, 0.4) is 0 Å². The summed E-state index contributed by atoms with van der Waals surface area (Å²) in [5.41, 5.74) is 3.19. The van der Waals surface area contributed by atoms with Gasteiger partial charge in [0.1, 0.15) is 0 Å². The van der Waals surface area contributed by atoms with Gasteiger partial charge in [-0.15, -0.1) is 0 Å². The zero-order valence-electron chi connectivity index (χ0n) is 12.7. The van der Waals surface area contributed by atoms with Crippen LogP contribution in [0.2, 0.25) is 0 Å². The molecule has 1 fully saturated rings. The number of nitrogens with zero attached hydrogens (tertiary/aromatic N) is 3. The number of aryl methyl sites for hydroxylation is 1. The fourth-order valence-corrected chi connectivity index (χ4v) is 3.18. The molecule has 116 valence electrons. The minimum atomic E-state index is -0.149. The quantitative estimate of drug-likeness (QED) is 0.927. The lowest BCUT2D eigenvalue weighted by Crippen LogP contribution is -2.42. The van der Waals surface area contributed by atoms with E-state index in [9.17, 15) is 4.79 Å². The Balaban J connectivity index is 1.57. The zero-order valence-corrected chi connectivity index (χ0v) is 12.7. The number of hydrogen-bond donors (Lipinski definition) is 1. The van der Waals surface area contributed by atoms with Crippen LogP contribution in [0, 0.1) is 0 Å². The third-order valence-electron chi connectivity index (χ3n) is 4.43. The number of carbonyl (C=O) groups is 1. The number of hydrogen-bond acceptors (Lipinski definition) is 4. The van der Waals surface area contributed by atoms with E-state index in [-0.39, 0.29) is 11.8 Å². The second-order valence-corrected chi connectivity index (χ2v) is 6.32. The van der Waals surface area contributed by atoms with Gasteiger partial charge in [-0.1, -0.05) is 0 Å². The second-order valence-electron chi connectivity index (χ2n) is 6.32. The molecule has 1 aliphatic carbocycles. The molecule has 2 aromatic rings. The molecule has 0 spiro atoms. The van der Waals surface area contributed by atoms with E-state index < -0.39 is 0 Å². The van der Waals surface area contributed by atoms with E-state index >= 15 is 0 Å². The van der Waals surface area contributed by atoms with Gasteiger partial charge in [0.25, 0.3) is 0 Å². The van der Waals surface area contributed by atoms with Gasteiger partial charge in [-0.05, 0) is 18.9 Å². The van der Waals surface area contributed by atoms with Gasteiger partial charge < -0.3 is 14.3 Å². The number of carbonyl (C=O) groups excluding carboxylic acids is 1. The highest BCUT2D eigenvalue weighted by atomic mass is 16.3. The van der Waals surface area contributed by atoms with E-state index in [1.807, 2.05) is 24.0 Å². The molecule has 2 aliphatic rings. The molecule has 0 bridgehead atoms. The van der Waals surface area contributed by atoms with Crippen LogP contribution in [0.4, 0.5) is 0 Å². The first-order chi connectivity index (χ1) is 10.7. The third-order valence-corrected chi connectivity index (χ3v) is 4.43. The van der Waals surface area contributed by atoms with Crippen molar-refractivity contribution in [3.63, 3.8) is 0 Å². The van der Waals surface area contributed by atoms with Gasteiger partial charge in [-0.2, -0.15) is 0 Å². The second kappa shape index (κ2) is 5.28. The van der Waals surface area contributed by atoms with Crippen LogP contribution in [0.25, 0.3) is 0 Å². The number of amides is 1. The molecule has 0 radical (unpaired) electrons. The van der Waals surface area contributed by atoms with E-state index in [4.69, 9.17) is 4.42 Å². The maximum atomic E-state index is 12.6. The Hall–Kier alpha value is -2.08. The minimum absolute atomic E-state index is 0.129. The molecule has 1 amide bonds. The lowest BCUT2D eigenvalue weighted by molar-refractivity contribution is -0.123. The van der Waals surface area contributed by atoms with Gasteiger partial charge in [0.15, 0.2) is 0 Å². The Morgan fingerprint density at radius 2 is 2.36 bits per heavy atom. The Kier molecular flexibility index (Phi) is 3.26. The molecule has 0 unspecified atom stereocenters. The van der Waals surface area contributed by atoms with Crippen LogP contribution in [-0.2, 0) is 24.9 Å². The van der Waals surface area contributed by atoms with Crippen LogP contribution in [0.5, 0.6) is 0 Å². The van der Waals surface area contributed by atoms with Crippen molar-refractivity contribution in [2.75, 3.05) is 6.54 Å². The van der Waals surface area contributed by atoms with Gasteiger partial charge in [0, 0.05) is 38.3 Å². The van der Waals surface area contributed by atoms with Crippen molar-refractivity contribution in [2.45, 2.75) is 37.9 Å². The molecule has 0 saturated heterocycles. The first-order valence-electron chi connectivity index (χ1n) is 7.74. The monoisotopic (exact) mass is 300 g/mol.